The van der Waals surface area contributed by atoms with Gasteiger partial charge in [0.25, 0.3) is 5.91 Å². The molecule has 0 aliphatic heterocycles. The van der Waals surface area contributed by atoms with Gasteiger partial charge in [-0.3, -0.25) is 4.79 Å². The lowest BCUT2D eigenvalue weighted by Crippen LogP contribution is -2.14. The molecule has 0 aliphatic carbocycles. The van der Waals surface area contributed by atoms with Crippen LogP contribution >= 0.6 is 23.4 Å². The van der Waals surface area contributed by atoms with Gasteiger partial charge in [0.1, 0.15) is 5.75 Å². The molecule has 0 unspecified atom stereocenters. The molecular weight excluding hydrogens is 442 g/mol. The molecule has 1 N–H and O–H groups in total. The standard InChI is InChI=1S/C25H22ClN3O2S/c1-17-7-8-18(2)23(15-17)31-16-29-14-13-22(28-29)25(30)27-21-5-3-4-6-24(21)32-20-11-9-19(26)10-12-20/h3-15H,16H2,1-2H3,(H,27,30). The summed E-state index contributed by atoms with van der Waals surface area (Å²) < 4.78 is 7.47. The van der Waals surface area contributed by atoms with Gasteiger partial charge >= 0.3 is 0 Å². The number of benzene rings is 3. The number of aryl methyl sites for hydroxylation is 2. The molecule has 5 nitrogen and oxygen atoms in total. The number of hydrogen-bond acceptors (Lipinski definition) is 4. The van der Waals surface area contributed by atoms with Gasteiger partial charge < -0.3 is 10.1 Å². The number of anilines is 1. The van der Waals surface area contributed by atoms with Crippen molar-refractivity contribution in [1.82, 2.24) is 9.78 Å². The van der Waals surface area contributed by atoms with E-state index in [1.165, 1.54) is 0 Å². The third kappa shape index (κ3) is 5.52. The van der Waals surface area contributed by atoms with Crippen LogP contribution in [-0.4, -0.2) is 15.7 Å². The van der Waals surface area contributed by atoms with Crippen LogP contribution in [0.25, 0.3) is 0 Å². The van der Waals surface area contributed by atoms with Crippen molar-refractivity contribution in [2.45, 2.75) is 30.4 Å². The number of hydrogen-bond donors (Lipinski definition) is 1. The van der Waals surface area contributed by atoms with Crippen molar-refractivity contribution >= 4 is 35.0 Å². The molecule has 0 aliphatic rings. The van der Waals surface area contributed by atoms with Crippen molar-refractivity contribution in [3.8, 4) is 5.75 Å². The highest BCUT2D eigenvalue weighted by Crippen LogP contribution is 2.34. The molecule has 4 aromatic rings. The quantitative estimate of drug-likeness (QED) is 0.335. The number of aromatic nitrogens is 2. The Balaban J connectivity index is 1.42. The highest BCUT2D eigenvalue weighted by molar-refractivity contribution is 7.99. The minimum absolute atomic E-state index is 0.223. The summed E-state index contributed by atoms with van der Waals surface area (Å²) in [5, 5.41) is 8.00. The van der Waals surface area contributed by atoms with Gasteiger partial charge in [-0.2, -0.15) is 5.10 Å². The van der Waals surface area contributed by atoms with Crippen LogP contribution < -0.4 is 10.1 Å². The number of rotatable bonds is 7. The Morgan fingerprint density at radius 1 is 1.06 bits per heavy atom. The molecule has 0 bridgehead atoms. The Bertz CT molecular complexity index is 1240. The monoisotopic (exact) mass is 463 g/mol. The van der Waals surface area contributed by atoms with E-state index >= 15 is 0 Å². The van der Waals surface area contributed by atoms with Crippen LogP contribution in [0, 0.1) is 13.8 Å². The zero-order valence-electron chi connectivity index (χ0n) is 17.7. The minimum atomic E-state index is -0.278. The van der Waals surface area contributed by atoms with E-state index in [1.807, 2.05) is 80.6 Å². The lowest BCUT2D eigenvalue weighted by Gasteiger charge is -2.10. The van der Waals surface area contributed by atoms with Gasteiger partial charge in [-0.15, -0.1) is 0 Å². The van der Waals surface area contributed by atoms with E-state index in [0.717, 1.165) is 32.4 Å². The maximum atomic E-state index is 12.8. The molecule has 3 aromatic carbocycles. The number of nitrogens with zero attached hydrogens (tertiary/aromatic N) is 2. The molecule has 1 aromatic heterocycles. The zero-order valence-corrected chi connectivity index (χ0v) is 19.3. The number of halogens is 1. The van der Waals surface area contributed by atoms with Crippen molar-refractivity contribution in [3.05, 3.63) is 101 Å². The van der Waals surface area contributed by atoms with Gasteiger partial charge in [-0.1, -0.05) is 47.6 Å². The molecule has 0 fully saturated rings. The van der Waals surface area contributed by atoms with Crippen LogP contribution in [0.1, 0.15) is 21.6 Å². The van der Waals surface area contributed by atoms with Crippen LogP contribution in [0.3, 0.4) is 0 Å². The van der Waals surface area contributed by atoms with E-state index in [2.05, 4.69) is 10.4 Å². The zero-order chi connectivity index (χ0) is 22.5. The van der Waals surface area contributed by atoms with Gasteiger partial charge in [0.2, 0.25) is 0 Å². The maximum Gasteiger partial charge on any atom is 0.276 e. The number of nitrogens with one attached hydrogen (secondary N) is 1. The highest BCUT2D eigenvalue weighted by atomic mass is 35.5. The first-order chi connectivity index (χ1) is 15.5. The van der Waals surface area contributed by atoms with E-state index in [-0.39, 0.29) is 12.6 Å². The first-order valence-corrected chi connectivity index (χ1v) is 11.2. The Labute approximate surface area is 196 Å². The van der Waals surface area contributed by atoms with Gasteiger partial charge in [0.15, 0.2) is 12.4 Å². The first kappa shape index (κ1) is 22.0. The van der Waals surface area contributed by atoms with Crippen LogP contribution in [0.2, 0.25) is 5.02 Å². The van der Waals surface area contributed by atoms with Crippen LogP contribution in [-0.2, 0) is 6.73 Å². The number of amides is 1. The topological polar surface area (TPSA) is 56.1 Å². The second kappa shape index (κ2) is 9.94. The second-order valence-corrected chi connectivity index (χ2v) is 8.84. The van der Waals surface area contributed by atoms with E-state index < -0.39 is 0 Å². The summed E-state index contributed by atoms with van der Waals surface area (Å²) in [7, 11) is 0. The average Bonchev–Trinajstić information content (AvgIpc) is 3.26. The number of carbonyl (C=O) groups excluding carboxylic acids is 1. The Kier molecular flexibility index (Phi) is 6.83. The third-order valence-corrected chi connectivity index (χ3v) is 6.08. The fraction of sp³-hybridized carbons (Fsp3) is 0.120. The summed E-state index contributed by atoms with van der Waals surface area (Å²) in [6.45, 7) is 4.24. The van der Waals surface area contributed by atoms with Gasteiger partial charge in [-0.25, -0.2) is 4.68 Å². The SMILES string of the molecule is Cc1ccc(C)c(OCn2ccc(C(=O)Nc3ccccc3Sc3ccc(Cl)cc3)n2)c1. The summed E-state index contributed by atoms with van der Waals surface area (Å²) in [5.41, 5.74) is 3.22. The molecule has 0 radical (unpaired) electrons. The smallest absolute Gasteiger partial charge is 0.276 e. The summed E-state index contributed by atoms with van der Waals surface area (Å²) >= 11 is 7.53. The van der Waals surface area contributed by atoms with Crippen LogP contribution in [0.5, 0.6) is 5.75 Å². The average molecular weight is 464 g/mol. The van der Waals surface area contributed by atoms with Crippen LogP contribution in [0.4, 0.5) is 5.69 Å². The summed E-state index contributed by atoms with van der Waals surface area (Å²) in [5.74, 6) is 0.527. The van der Waals surface area contributed by atoms with E-state index in [4.69, 9.17) is 16.3 Å². The summed E-state index contributed by atoms with van der Waals surface area (Å²) in [4.78, 5) is 14.8. The van der Waals surface area contributed by atoms with Crippen molar-refractivity contribution < 1.29 is 9.53 Å². The normalized spacial score (nSPS) is 10.7. The predicted molar refractivity (Wildman–Crippen MR) is 129 cm³/mol. The molecule has 0 spiro atoms. The first-order valence-electron chi connectivity index (χ1n) is 10.1. The molecular formula is C25H22ClN3O2S. The van der Waals surface area contributed by atoms with E-state index in [0.29, 0.717) is 10.7 Å². The molecule has 162 valence electrons. The molecule has 7 heteroatoms. The van der Waals surface area contributed by atoms with Crippen molar-refractivity contribution in [3.63, 3.8) is 0 Å². The highest BCUT2D eigenvalue weighted by Gasteiger charge is 2.13. The second-order valence-electron chi connectivity index (χ2n) is 7.29. The summed E-state index contributed by atoms with van der Waals surface area (Å²) in [6.07, 6.45) is 1.73. The van der Waals surface area contributed by atoms with Gasteiger partial charge in [0.05, 0.1) is 5.69 Å². The fourth-order valence-corrected chi connectivity index (χ4v) is 4.06. The lowest BCUT2D eigenvalue weighted by atomic mass is 10.1. The molecule has 1 heterocycles. The van der Waals surface area contributed by atoms with E-state index in [9.17, 15) is 4.79 Å². The number of carbonyl (C=O) groups is 1. The molecule has 4 rings (SSSR count). The minimum Gasteiger partial charge on any atom is -0.471 e. The summed E-state index contributed by atoms with van der Waals surface area (Å²) in [6, 6.07) is 23.0. The third-order valence-electron chi connectivity index (χ3n) is 4.75. The molecule has 1 amide bonds. The van der Waals surface area contributed by atoms with Crippen molar-refractivity contribution in [2.24, 2.45) is 0 Å². The fourth-order valence-electron chi connectivity index (χ4n) is 3.03. The number of ether oxygens (including phenoxy) is 1. The van der Waals surface area contributed by atoms with Gasteiger partial charge in [-0.05, 0) is 73.5 Å². The lowest BCUT2D eigenvalue weighted by molar-refractivity contribution is 0.102. The molecule has 0 saturated heterocycles. The molecule has 0 saturated carbocycles. The Morgan fingerprint density at radius 2 is 1.84 bits per heavy atom. The van der Waals surface area contributed by atoms with Crippen LogP contribution in [0.15, 0.2) is 88.8 Å². The van der Waals surface area contributed by atoms with Crippen molar-refractivity contribution in [1.29, 1.82) is 0 Å². The molecule has 32 heavy (non-hydrogen) atoms. The van der Waals surface area contributed by atoms with E-state index in [1.54, 1.807) is 28.7 Å². The maximum absolute atomic E-state index is 12.8. The largest absolute Gasteiger partial charge is 0.471 e. The van der Waals surface area contributed by atoms with Crippen molar-refractivity contribution in [2.75, 3.05) is 5.32 Å². The Hall–Kier alpha value is -3.22. The van der Waals surface area contributed by atoms with Gasteiger partial charge in [0, 0.05) is 21.0 Å². The molecule has 0 atom stereocenters. The number of para-hydroxylation sites is 1. The predicted octanol–water partition coefficient (Wildman–Crippen LogP) is 6.59. The Morgan fingerprint density at radius 3 is 2.66 bits per heavy atom.